The van der Waals surface area contributed by atoms with Crippen LogP contribution in [0, 0.1) is 0 Å². The van der Waals surface area contributed by atoms with E-state index in [2.05, 4.69) is 25.0 Å². The van der Waals surface area contributed by atoms with Crippen molar-refractivity contribution in [2.24, 2.45) is 4.99 Å². The predicted molar refractivity (Wildman–Crippen MR) is 126 cm³/mol. The molecule has 0 radical (unpaired) electrons. The fourth-order valence-electron chi connectivity index (χ4n) is 4.97. The zero-order chi connectivity index (χ0) is 21.7. The van der Waals surface area contributed by atoms with Crippen LogP contribution < -0.4 is 5.32 Å². The summed E-state index contributed by atoms with van der Waals surface area (Å²) >= 11 is 0. The van der Waals surface area contributed by atoms with Crippen LogP contribution in [0.4, 0.5) is 0 Å². The van der Waals surface area contributed by atoms with Crippen LogP contribution in [0.1, 0.15) is 70.6 Å². The molecule has 2 saturated heterocycles. The van der Waals surface area contributed by atoms with Crippen molar-refractivity contribution in [1.82, 2.24) is 20.0 Å². The minimum Gasteiger partial charge on any atom is -0.378 e. The molecular formula is C24H45N5O2. The summed E-state index contributed by atoms with van der Waals surface area (Å²) in [6, 6.07) is 0. The third kappa shape index (κ3) is 8.60. The molecule has 2 aliphatic heterocycles. The molecule has 7 nitrogen and oxygen atoms in total. The average Bonchev–Trinajstić information content (AvgIpc) is 2.83. The van der Waals surface area contributed by atoms with Crippen molar-refractivity contribution in [1.29, 1.82) is 0 Å². The Kier molecular flexibility index (Phi) is 10.9. The van der Waals surface area contributed by atoms with Gasteiger partial charge >= 0.3 is 0 Å². The molecule has 31 heavy (non-hydrogen) atoms. The van der Waals surface area contributed by atoms with Crippen molar-refractivity contribution in [2.45, 2.75) is 76.7 Å². The van der Waals surface area contributed by atoms with Gasteiger partial charge in [0.2, 0.25) is 5.91 Å². The first-order valence-corrected chi connectivity index (χ1v) is 12.8. The highest BCUT2D eigenvalue weighted by molar-refractivity contribution is 5.80. The number of guanidine groups is 1. The van der Waals surface area contributed by atoms with Crippen molar-refractivity contribution in [3.63, 3.8) is 0 Å². The number of nitrogens with zero attached hydrogens (tertiary/aromatic N) is 4. The number of ether oxygens (including phenoxy) is 1. The van der Waals surface area contributed by atoms with Gasteiger partial charge in [-0.2, -0.15) is 0 Å². The van der Waals surface area contributed by atoms with E-state index in [4.69, 9.17) is 4.74 Å². The molecule has 3 aliphatic rings. The largest absolute Gasteiger partial charge is 0.378 e. The zero-order valence-corrected chi connectivity index (χ0v) is 19.8. The number of hydrogen-bond acceptors (Lipinski definition) is 4. The number of rotatable bonds is 9. The van der Waals surface area contributed by atoms with Gasteiger partial charge in [-0.25, -0.2) is 0 Å². The SMILES string of the molecule is CN=C(NCCCCCOC1CCCCC1)N1CCN(CC(=O)N2CCCCC2)CC1. The third-order valence-electron chi connectivity index (χ3n) is 6.96. The molecule has 1 N–H and O–H groups in total. The van der Waals surface area contributed by atoms with E-state index < -0.39 is 0 Å². The van der Waals surface area contributed by atoms with Crippen LogP contribution >= 0.6 is 0 Å². The van der Waals surface area contributed by atoms with E-state index in [9.17, 15) is 4.79 Å². The zero-order valence-electron chi connectivity index (χ0n) is 19.8. The lowest BCUT2D eigenvalue weighted by Crippen LogP contribution is -2.54. The highest BCUT2D eigenvalue weighted by Gasteiger charge is 2.24. The van der Waals surface area contributed by atoms with E-state index >= 15 is 0 Å². The molecule has 0 bridgehead atoms. The summed E-state index contributed by atoms with van der Waals surface area (Å²) in [5.74, 6) is 1.31. The average molecular weight is 436 g/mol. The molecule has 0 spiro atoms. The number of nitrogens with one attached hydrogen (secondary N) is 1. The smallest absolute Gasteiger partial charge is 0.236 e. The highest BCUT2D eigenvalue weighted by atomic mass is 16.5. The first-order valence-electron chi connectivity index (χ1n) is 12.8. The summed E-state index contributed by atoms with van der Waals surface area (Å²) in [7, 11) is 1.87. The van der Waals surface area contributed by atoms with Gasteiger partial charge in [0, 0.05) is 59.5 Å². The Morgan fingerprint density at radius 2 is 1.58 bits per heavy atom. The molecule has 1 aliphatic carbocycles. The topological polar surface area (TPSA) is 60.4 Å². The maximum Gasteiger partial charge on any atom is 0.236 e. The number of piperazine rings is 1. The number of unbranched alkanes of at least 4 members (excludes halogenated alkanes) is 2. The molecule has 0 aromatic rings. The van der Waals surface area contributed by atoms with Gasteiger partial charge in [0.1, 0.15) is 0 Å². The van der Waals surface area contributed by atoms with Crippen molar-refractivity contribution in [3.05, 3.63) is 0 Å². The van der Waals surface area contributed by atoms with Crippen LogP contribution in [-0.4, -0.2) is 98.7 Å². The van der Waals surface area contributed by atoms with E-state index in [-0.39, 0.29) is 0 Å². The van der Waals surface area contributed by atoms with Crippen molar-refractivity contribution < 1.29 is 9.53 Å². The number of hydrogen-bond donors (Lipinski definition) is 1. The van der Waals surface area contributed by atoms with Crippen molar-refractivity contribution in [3.8, 4) is 0 Å². The lowest BCUT2D eigenvalue weighted by atomic mass is 9.98. The fraction of sp³-hybridized carbons (Fsp3) is 0.917. The fourth-order valence-corrected chi connectivity index (χ4v) is 4.97. The minimum atomic E-state index is 0.308. The summed E-state index contributed by atoms with van der Waals surface area (Å²) in [5, 5.41) is 3.53. The van der Waals surface area contributed by atoms with Gasteiger partial charge in [-0.3, -0.25) is 14.7 Å². The van der Waals surface area contributed by atoms with Crippen LogP contribution in [0.5, 0.6) is 0 Å². The van der Waals surface area contributed by atoms with Gasteiger partial charge in [-0.05, 0) is 51.4 Å². The summed E-state index contributed by atoms with van der Waals surface area (Å²) in [4.78, 5) is 23.7. The molecule has 0 atom stereocenters. The Bertz CT molecular complexity index is 536. The van der Waals surface area contributed by atoms with Crippen LogP contribution in [0.3, 0.4) is 0 Å². The molecule has 3 rings (SSSR count). The van der Waals surface area contributed by atoms with Gasteiger partial charge in [-0.1, -0.05) is 19.3 Å². The first-order chi connectivity index (χ1) is 15.3. The van der Waals surface area contributed by atoms with E-state index in [1.54, 1.807) is 0 Å². The van der Waals surface area contributed by atoms with Gasteiger partial charge in [0.05, 0.1) is 12.6 Å². The molecule has 1 saturated carbocycles. The second-order valence-electron chi connectivity index (χ2n) is 9.37. The Morgan fingerprint density at radius 1 is 0.871 bits per heavy atom. The molecular weight excluding hydrogens is 390 g/mol. The second-order valence-corrected chi connectivity index (χ2v) is 9.37. The molecule has 0 aromatic carbocycles. The van der Waals surface area contributed by atoms with Crippen molar-refractivity contribution in [2.75, 3.05) is 66.0 Å². The number of aliphatic imine (C=N–C) groups is 1. The van der Waals surface area contributed by atoms with Crippen LogP contribution in [0.15, 0.2) is 4.99 Å². The normalized spacial score (nSPS) is 22.0. The maximum absolute atomic E-state index is 12.5. The van der Waals surface area contributed by atoms with Gasteiger partial charge in [-0.15, -0.1) is 0 Å². The second kappa shape index (κ2) is 13.9. The quantitative estimate of drug-likeness (QED) is 0.343. The molecule has 1 amide bonds. The van der Waals surface area contributed by atoms with Crippen LogP contribution in [-0.2, 0) is 9.53 Å². The molecule has 0 aromatic heterocycles. The van der Waals surface area contributed by atoms with Gasteiger partial charge in [0.15, 0.2) is 5.96 Å². The predicted octanol–water partition coefficient (Wildman–Crippen LogP) is 2.71. The van der Waals surface area contributed by atoms with Gasteiger partial charge in [0.25, 0.3) is 0 Å². The van der Waals surface area contributed by atoms with E-state index in [1.807, 2.05) is 7.05 Å². The number of carbonyl (C=O) groups excluding carboxylic acids is 1. The van der Waals surface area contributed by atoms with E-state index in [1.165, 1.54) is 44.9 Å². The summed E-state index contributed by atoms with van der Waals surface area (Å²) in [6.45, 7) is 8.07. The van der Waals surface area contributed by atoms with Crippen LogP contribution in [0.2, 0.25) is 0 Å². The third-order valence-corrected chi connectivity index (χ3v) is 6.96. The lowest BCUT2D eigenvalue weighted by Gasteiger charge is -2.37. The lowest BCUT2D eigenvalue weighted by molar-refractivity contribution is -0.133. The first kappa shape index (κ1) is 24.3. The number of likely N-dealkylation sites (tertiary alicyclic amines) is 1. The Labute approximate surface area is 189 Å². The molecule has 178 valence electrons. The number of piperidine rings is 1. The Balaban J connectivity index is 1.23. The summed E-state index contributed by atoms with van der Waals surface area (Å²) < 4.78 is 6.02. The number of amides is 1. The monoisotopic (exact) mass is 435 g/mol. The molecule has 3 fully saturated rings. The summed E-state index contributed by atoms with van der Waals surface area (Å²) in [5.41, 5.74) is 0. The molecule has 2 heterocycles. The number of carbonyl (C=O) groups is 1. The molecule has 0 unspecified atom stereocenters. The molecule has 7 heteroatoms. The van der Waals surface area contributed by atoms with Gasteiger partial charge < -0.3 is 19.9 Å². The standard InChI is InChI=1S/C24H45N5O2/c1-25-24(26-13-7-3-10-20-31-22-11-5-2-6-12-22)29-18-16-27(17-19-29)21-23(30)28-14-8-4-9-15-28/h22H,2-21H2,1H3,(H,25,26). The van der Waals surface area contributed by atoms with Crippen molar-refractivity contribution >= 4 is 11.9 Å². The maximum atomic E-state index is 12.5. The van der Waals surface area contributed by atoms with E-state index in [0.29, 0.717) is 18.6 Å². The van der Waals surface area contributed by atoms with Crippen LogP contribution in [0.25, 0.3) is 0 Å². The Morgan fingerprint density at radius 3 is 2.29 bits per heavy atom. The summed E-state index contributed by atoms with van der Waals surface area (Å²) in [6.07, 6.45) is 14.2. The Hall–Kier alpha value is -1.34. The highest BCUT2D eigenvalue weighted by Crippen LogP contribution is 2.20. The van der Waals surface area contributed by atoms with E-state index in [0.717, 1.165) is 84.1 Å². The minimum absolute atomic E-state index is 0.308.